The number of carbonyl (C=O) groups is 2. The van der Waals surface area contributed by atoms with Gasteiger partial charge in [0.15, 0.2) is 0 Å². The minimum absolute atomic E-state index is 0.136. The Balaban J connectivity index is 1.27. The number of carbonyl (C=O) groups excluding carboxylic acids is 3. The number of anilines is 2. The Morgan fingerprint density at radius 3 is 2.00 bits per heavy atom. The minimum atomic E-state index is -0.165. The van der Waals surface area contributed by atoms with Crippen molar-refractivity contribution in [1.29, 1.82) is 0 Å². The van der Waals surface area contributed by atoms with Gasteiger partial charge in [-0.05, 0) is 123 Å². The monoisotopic (exact) mass is 659 g/mol. The second kappa shape index (κ2) is 15.7. The molecule has 0 aliphatic carbocycles. The summed E-state index contributed by atoms with van der Waals surface area (Å²) in [6.07, 6.45) is 2.09. The fraction of sp³-hybridized carbons (Fsp3) is 0.317. The van der Waals surface area contributed by atoms with Crippen LogP contribution in [0.25, 0.3) is 0 Å². The van der Waals surface area contributed by atoms with Gasteiger partial charge < -0.3 is 24.6 Å². The highest BCUT2D eigenvalue weighted by atomic mass is 16.5. The maximum absolute atomic E-state index is 13.8. The molecule has 8 heteroatoms. The zero-order valence-electron chi connectivity index (χ0n) is 29.3. The van der Waals surface area contributed by atoms with Crippen molar-refractivity contribution in [2.45, 2.75) is 52.9 Å². The van der Waals surface area contributed by atoms with Crippen LogP contribution in [-0.4, -0.2) is 56.5 Å². The number of amides is 2. The summed E-state index contributed by atoms with van der Waals surface area (Å²) in [6.45, 7) is 9.84. The molecule has 0 spiro atoms. The number of piperidine rings is 1. The number of methoxy groups -OCH3 is 2. The predicted octanol–water partition coefficient (Wildman–Crippen LogP) is 7.82. The minimum Gasteiger partial charge on any atom is -0.497 e. The van der Waals surface area contributed by atoms with Crippen LogP contribution in [0, 0.1) is 27.7 Å². The van der Waals surface area contributed by atoms with Gasteiger partial charge in [0, 0.05) is 48.6 Å². The number of aryl methyl sites for hydroxylation is 3. The van der Waals surface area contributed by atoms with Crippen molar-refractivity contribution in [3.63, 3.8) is 0 Å². The number of hydrogen-bond donors (Lipinski definition) is 1. The Labute approximate surface area is 289 Å². The largest absolute Gasteiger partial charge is 0.497 e. The molecule has 0 atom stereocenters. The van der Waals surface area contributed by atoms with Crippen LogP contribution in [0.5, 0.6) is 11.5 Å². The van der Waals surface area contributed by atoms with E-state index in [2.05, 4.69) is 41.3 Å². The van der Waals surface area contributed by atoms with Crippen LogP contribution in [-0.2, 0) is 4.79 Å². The van der Waals surface area contributed by atoms with Gasteiger partial charge in [-0.2, -0.15) is 0 Å². The smallest absolute Gasteiger partial charge is 0.258 e. The molecule has 4 aromatic rings. The second-order valence-corrected chi connectivity index (χ2v) is 12.7. The van der Waals surface area contributed by atoms with E-state index in [4.69, 9.17) is 9.47 Å². The average molecular weight is 660 g/mol. The topological polar surface area (TPSA) is 88.2 Å². The molecular formula is C41H45N3O5. The first-order valence-electron chi connectivity index (χ1n) is 16.7. The second-order valence-electron chi connectivity index (χ2n) is 12.7. The molecule has 1 aliphatic heterocycles. The van der Waals surface area contributed by atoms with Crippen LogP contribution < -0.4 is 19.7 Å². The highest BCUT2D eigenvalue weighted by molar-refractivity contribution is 6.07. The maximum Gasteiger partial charge on any atom is 0.258 e. The summed E-state index contributed by atoms with van der Waals surface area (Å²) in [5.74, 6) is 3.57. The van der Waals surface area contributed by atoms with E-state index < -0.39 is 0 Å². The molecule has 1 aliphatic rings. The molecule has 1 saturated heterocycles. The first-order chi connectivity index (χ1) is 23.6. The van der Waals surface area contributed by atoms with Gasteiger partial charge in [0.25, 0.3) is 11.8 Å². The molecule has 2 amide bonds. The van der Waals surface area contributed by atoms with Gasteiger partial charge in [-0.3, -0.25) is 9.59 Å². The van der Waals surface area contributed by atoms with Crippen LogP contribution >= 0.6 is 0 Å². The molecule has 0 unspecified atom stereocenters. The lowest BCUT2D eigenvalue weighted by Gasteiger charge is -2.35. The summed E-state index contributed by atoms with van der Waals surface area (Å²) in [5, 5.41) is 3.14. The van der Waals surface area contributed by atoms with Crippen molar-refractivity contribution in [2.24, 2.45) is 0 Å². The van der Waals surface area contributed by atoms with Gasteiger partial charge >= 0.3 is 0 Å². The Morgan fingerprint density at radius 1 is 0.816 bits per heavy atom. The van der Waals surface area contributed by atoms with E-state index >= 15 is 0 Å². The van der Waals surface area contributed by atoms with E-state index in [-0.39, 0.29) is 17.7 Å². The molecule has 0 aromatic heterocycles. The third kappa shape index (κ3) is 8.04. The van der Waals surface area contributed by atoms with Crippen molar-refractivity contribution in [3.8, 4) is 11.5 Å². The summed E-state index contributed by atoms with van der Waals surface area (Å²) in [4.78, 5) is 43.2. The van der Waals surface area contributed by atoms with E-state index in [9.17, 15) is 14.4 Å². The van der Waals surface area contributed by atoms with E-state index in [1.165, 1.54) is 5.56 Å². The first-order valence-corrected chi connectivity index (χ1v) is 16.7. The normalized spacial score (nSPS) is 13.0. The van der Waals surface area contributed by atoms with Crippen LogP contribution in [0.3, 0.4) is 0 Å². The number of ether oxygens (including phenoxy) is 2. The molecule has 8 nitrogen and oxygen atoms in total. The third-order valence-electron chi connectivity index (χ3n) is 9.54. The Kier molecular flexibility index (Phi) is 11.2. The highest BCUT2D eigenvalue weighted by Crippen LogP contribution is 2.36. The molecule has 0 radical (unpaired) electrons. The summed E-state index contributed by atoms with van der Waals surface area (Å²) in [7, 11) is 3.20. The van der Waals surface area contributed by atoms with E-state index in [1.807, 2.05) is 32.9 Å². The fourth-order valence-corrected chi connectivity index (χ4v) is 6.71. The van der Waals surface area contributed by atoms with Crippen molar-refractivity contribution in [2.75, 3.05) is 44.1 Å². The van der Waals surface area contributed by atoms with E-state index in [1.54, 1.807) is 67.7 Å². The van der Waals surface area contributed by atoms with E-state index in [0.29, 0.717) is 54.4 Å². The molecule has 1 N–H and O–H groups in total. The van der Waals surface area contributed by atoms with Gasteiger partial charge in [0.05, 0.1) is 14.2 Å². The lowest BCUT2D eigenvalue weighted by molar-refractivity contribution is 0.0984. The molecule has 1 heterocycles. The summed E-state index contributed by atoms with van der Waals surface area (Å²) >= 11 is 0. The van der Waals surface area contributed by atoms with Crippen LogP contribution in [0.4, 0.5) is 11.4 Å². The number of benzene rings is 4. The van der Waals surface area contributed by atoms with Crippen molar-refractivity contribution >= 4 is 29.1 Å². The standard InChI is InChI=1S/C41H45N3O5/c1-27-7-18-38(29(3)25-27)44(41(47)33-11-15-36(49-6)16-12-33)24-21-34(26-45)43-22-19-31(20-23-43)37-17-8-28(2)39(30(37)4)42-40(46)32-9-13-35(48-5)14-10-32/h7-18,25,31H,19-24H2,1-6H3,(H,42,46). The molecule has 254 valence electrons. The SMILES string of the molecule is COc1ccc(C(=O)Nc2c(C)ccc(C3CCN(C(=C=O)CCN(C(=O)c4ccc(OC)cc4)c4ccc(C)cc4C)CC3)c2C)cc1. The van der Waals surface area contributed by atoms with Gasteiger partial charge in [-0.1, -0.05) is 29.8 Å². The maximum atomic E-state index is 13.8. The predicted molar refractivity (Wildman–Crippen MR) is 195 cm³/mol. The first kappa shape index (κ1) is 35.0. The summed E-state index contributed by atoms with van der Waals surface area (Å²) in [6, 6.07) is 24.4. The molecule has 0 bridgehead atoms. The van der Waals surface area contributed by atoms with Gasteiger partial charge in [-0.15, -0.1) is 0 Å². The zero-order chi connectivity index (χ0) is 35.1. The van der Waals surface area contributed by atoms with E-state index in [0.717, 1.165) is 46.5 Å². The number of nitrogens with one attached hydrogen (secondary N) is 1. The van der Waals surface area contributed by atoms with Crippen LogP contribution in [0.15, 0.2) is 84.6 Å². The summed E-state index contributed by atoms with van der Waals surface area (Å²) in [5.41, 5.74) is 8.72. The van der Waals surface area contributed by atoms with Crippen LogP contribution in [0.1, 0.15) is 73.7 Å². The molecule has 49 heavy (non-hydrogen) atoms. The highest BCUT2D eigenvalue weighted by Gasteiger charge is 2.27. The number of nitrogens with zero attached hydrogens (tertiary/aromatic N) is 2. The summed E-state index contributed by atoms with van der Waals surface area (Å²) < 4.78 is 10.5. The zero-order valence-corrected chi connectivity index (χ0v) is 29.3. The Hall–Kier alpha value is -5.33. The molecule has 1 fully saturated rings. The van der Waals surface area contributed by atoms with Gasteiger partial charge in [-0.25, -0.2) is 4.79 Å². The number of rotatable bonds is 11. The molecule has 4 aromatic carbocycles. The molecule has 0 saturated carbocycles. The third-order valence-corrected chi connectivity index (χ3v) is 9.54. The van der Waals surface area contributed by atoms with Crippen molar-refractivity contribution < 1.29 is 23.9 Å². The van der Waals surface area contributed by atoms with Crippen LogP contribution in [0.2, 0.25) is 0 Å². The fourth-order valence-electron chi connectivity index (χ4n) is 6.71. The Bertz CT molecular complexity index is 1850. The quantitative estimate of drug-likeness (QED) is 0.165. The molecule has 5 rings (SSSR count). The number of likely N-dealkylation sites (tertiary alicyclic amines) is 1. The van der Waals surface area contributed by atoms with Crippen molar-refractivity contribution in [1.82, 2.24) is 4.90 Å². The van der Waals surface area contributed by atoms with Gasteiger partial charge in [0.1, 0.15) is 23.1 Å². The number of hydrogen-bond acceptors (Lipinski definition) is 6. The Morgan fingerprint density at radius 2 is 1.43 bits per heavy atom. The lowest BCUT2D eigenvalue weighted by Crippen LogP contribution is -2.37. The lowest BCUT2D eigenvalue weighted by atomic mass is 9.85. The average Bonchev–Trinajstić information content (AvgIpc) is 3.12. The van der Waals surface area contributed by atoms with Crippen molar-refractivity contribution in [3.05, 3.63) is 124 Å². The van der Waals surface area contributed by atoms with Gasteiger partial charge in [0.2, 0.25) is 0 Å². The molecular weight excluding hydrogens is 614 g/mol.